The van der Waals surface area contributed by atoms with Gasteiger partial charge in [0.1, 0.15) is 11.3 Å². The minimum Gasteiger partial charge on any atom is -0.444 e. The summed E-state index contributed by atoms with van der Waals surface area (Å²) >= 11 is 1.14. The Hall–Kier alpha value is -2.61. The third-order valence-electron chi connectivity index (χ3n) is 2.51. The molecule has 2 rings (SSSR count). The van der Waals surface area contributed by atoms with Crippen LogP contribution in [0.15, 0.2) is 29.6 Å². The van der Waals surface area contributed by atoms with Crippen LogP contribution < -0.4 is 16.4 Å². The number of aromatic nitrogens is 1. The number of nitrogens with two attached hydrogens (primary N) is 1. The van der Waals surface area contributed by atoms with Crippen LogP contribution in [0.5, 0.6) is 0 Å². The molecule has 0 saturated carbocycles. The highest BCUT2D eigenvalue weighted by Crippen LogP contribution is 2.18. The largest absolute Gasteiger partial charge is 0.444 e. The second-order valence-electron chi connectivity index (χ2n) is 5.74. The molecule has 2 aromatic rings. The Labute approximate surface area is 137 Å². The third-order valence-corrected chi connectivity index (χ3v) is 3.27. The lowest BCUT2D eigenvalue weighted by Gasteiger charge is -2.18. The van der Waals surface area contributed by atoms with Gasteiger partial charge in [-0.2, -0.15) is 0 Å². The maximum atomic E-state index is 12.1. The number of nitrogens with zero attached hydrogens (tertiary/aromatic N) is 1. The number of nitrogens with one attached hydrogen (secondary N) is 2. The van der Waals surface area contributed by atoms with Gasteiger partial charge in [0.15, 0.2) is 5.13 Å². The van der Waals surface area contributed by atoms with Crippen LogP contribution in [0, 0.1) is 0 Å². The summed E-state index contributed by atoms with van der Waals surface area (Å²) in [5.74, 6) is -0.372. The van der Waals surface area contributed by atoms with Gasteiger partial charge >= 0.3 is 6.09 Å². The van der Waals surface area contributed by atoms with Gasteiger partial charge in [0.2, 0.25) is 0 Å². The maximum absolute atomic E-state index is 12.1. The molecule has 23 heavy (non-hydrogen) atoms. The topological polar surface area (TPSA) is 106 Å². The van der Waals surface area contributed by atoms with E-state index in [1.165, 1.54) is 0 Å². The molecule has 0 bridgehead atoms. The van der Waals surface area contributed by atoms with E-state index >= 15 is 0 Å². The Balaban J connectivity index is 1.97. The van der Waals surface area contributed by atoms with Gasteiger partial charge in [-0.05, 0) is 45.0 Å². The maximum Gasteiger partial charge on any atom is 0.413 e. The molecule has 1 aromatic heterocycles. The van der Waals surface area contributed by atoms with Crippen LogP contribution in [0.25, 0.3) is 0 Å². The molecule has 1 aromatic carbocycles. The van der Waals surface area contributed by atoms with Gasteiger partial charge in [-0.15, -0.1) is 11.3 Å². The van der Waals surface area contributed by atoms with E-state index < -0.39 is 11.7 Å². The second-order valence-corrected chi connectivity index (χ2v) is 6.60. The molecule has 0 aliphatic carbocycles. The van der Waals surface area contributed by atoms with E-state index in [9.17, 15) is 9.59 Å². The number of hydrogen-bond acceptors (Lipinski definition) is 6. The van der Waals surface area contributed by atoms with Crippen molar-refractivity contribution in [3.63, 3.8) is 0 Å². The Kier molecular flexibility index (Phi) is 4.85. The van der Waals surface area contributed by atoms with Crippen LogP contribution >= 0.6 is 11.3 Å². The average molecular weight is 334 g/mol. The van der Waals surface area contributed by atoms with E-state index in [1.807, 2.05) is 0 Å². The van der Waals surface area contributed by atoms with Crippen molar-refractivity contribution in [3.8, 4) is 0 Å². The van der Waals surface area contributed by atoms with Gasteiger partial charge in [0, 0.05) is 16.8 Å². The summed E-state index contributed by atoms with van der Waals surface area (Å²) in [4.78, 5) is 27.8. The molecule has 0 radical (unpaired) electrons. The zero-order valence-corrected chi connectivity index (χ0v) is 13.9. The van der Waals surface area contributed by atoms with Gasteiger partial charge in [-0.3, -0.25) is 10.1 Å². The van der Waals surface area contributed by atoms with Crippen LogP contribution in [-0.4, -0.2) is 22.6 Å². The molecule has 4 N–H and O–H groups in total. The van der Waals surface area contributed by atoms with Gasteiger partial charge in [0.25, 0.3) is 5.91 Å². The first kappa shape index (κ1) is 16.8. The van der Waals surface area contributed by atoms with Crippen LogP contribution in [0.1, 0.15) is 31.3 Å². The quantitative estimate of drug-likeness (QED) is 0.747. The molecule has 0 fully saturated rings. The molecule has 8 heteroatoms. The van der Waals surface area contributed by atoms with Gasteiger partial charge in [-0.1, -0.05) is 0 Å². The van der Waals surface area contributed by atoms with E-state index in [0.717, 1.165) is 11.3 Å². The second kappa shape index (κ2) is 6.66. The number of carbonyl (C=O) groups excluding carboxylic acids is 2. The Morgan fingerprint density at radius 1 is 1.17 bits per heavy atom. The SMILES string of the molecule is CC(C)(C)OC(=O)Nc1nc(C(=O)Nc2ccc(N)cc2)cs1. The van der Waals surface area contributed by atoms with Gasteiger partial charge in [0.05, 0.1) is 0 Å². The van der Waals surface area contributed by atoms with E-state index in [1.54, 1.807) is 50.4 Å². The van der Waals surface area contributed by atoms with E-state index in [-0.39, 0.29) is 11.6 Å². The molecule has 2 amide bonds. The van der Waals surface area contributed by atoms with E-state index in [4.69, 9.17) is 10.5 Å². The molecule has 0 aliphatic heterocycles. The molecule has 0 aliphatic rings. The number of nitrogen functional groups attached to an aromatic ring is 1. The number of benzene rings is 1. The van der Waals surface area contributed by atoms with Crippen molar-refractivity contribution in [1.29, 1.82) is 0 Å². The predicted molar refractivity (Wildman–Crippen MR) is 90.8 cm³/mol. The standard InChI is InChI=1S/C15H18N4O3S/c1-15(2,3)22-14(21)19-13-18-11(8-23-13)12(20)17-10-6-4-9(16)5-7-10/h4-8H,16H2,1-3H3,(H,17,20)(H,18,19,21). The fourth-order valence-electron chi connectivity index (χ4n) is 1.59. The van der Waals surface area contributed by atoms with Crippen molar-refractivity contribution in [2.75, 3.05) is 16.4 Å². The number of anilines is 3. The summed E-state index contributed by atoms with van der Waals surface area (Å²) in [7, 11) is 0. The minimum atomic E-state index is -0.614. The monoisotopic (exact) mass is 334 g/mol. The third kappa shape index (κ3) is 5.26. The van der Waals surface area contributed by atoms with Crippen molar-refractivity contribution in [2.45, 2.75) is 26.4 Å². The van der Waals surface area contributed by atoms with Crippen LogP contribution in [0.3, 0.4) is 0 Å². The predicted octanol–water partition coefficient (Wildman–Crippen LogP) is 3.32. The summed E-state index contributed by atoms with van der Waals surface area (Å²) < 4.78 is 5.12. The average Bonchev–Trinajstić information content (AvgIpc) is 2.87. The fourth-order valence-corrected chi connectivity index (χ4v) is 2.26. The van der Waals surface area contributed by atoms with Gasteiger partial charge < -0.3 is 15.8 Å². The van der Waals surface area contributed by atoms with Crippen LogP contribution in [-0.2, 0) is 4.74 Å². The summed E-state index contributed by atoms with van der Waals surface area (Å²) in [6.45, 7) is 5.29. The number of carbonyl (C=O) groups is 2. The lowest BCUT2D eigenvalue weighted by molar-refractivity contribution is 0.0635. The van der Waals surface area contributed by atoms with Crippen LogP contribution in [0.4, 0.5) is 21.3 Å². The minimum absolute atomic E-state index is 0.206. The smallest absolute Gasteiger partial charge is 0.413 e. The zero-order valence-electron chi connectivity index (χ0n) is 13.0. The number of hydrogen-bond donors (Lipinski definition) is 3. The Bertz CT molecular complexity index is 704. The summed E-state index contributed by atoms with van der Waals surface area (Å²) in [6.07, 6.45) is -0.614. The van der Waals surface area contributed by atoms with Crippen molar-refractivity contribution < 1.29 is 14.3 Å². The summed E-state index contributed by atoms with van der Waals surface area (Å²) in [5, 5.41) is 7.04. The molecule has 122 valence electrons. The number of thiazole rings is 1. The summed E-state index contributed by atoms with van der Waals surface area (Å²) in [6, 6.07) is 6.76. The highest BCUT2D eigenvalue weighted by Gasteiger charge is 2.18. The van der Waals surface area contributed by atoms with Crippen molar-refractivity contribution >= 4 is 39.8 Å². The van der Waals surface area contributed by atoms with Crippen molar-refractivity contribution in [1.82, 2.24) is 4.98 Å². The highest BCUT2D eigenvalue weighted by atomic mass is 32.1. The van der Waals surface area contributed by atoms with E-state index in [0.29, 0.717) is 16.5 Å². The van der Waals surface area contributed by atoms with Crippen LogP contribution in [0.2, 0.25) is 0 Å². The number of amides is 2. The molecule has 7 nitrogen and oxygen atoms in total. The molecule has 0 atom stereocenters. The molecule has 0 saturated heterocycles. The first-order valence-corrected chi connectivity index (χ1v) is 7.73. The zero-order chi connectivity index (χ0) is 17.0. The fraction of sp³-hybridized carbons (Fsp3) is 0.267. The number of ether oxygens (including phenoxy) is 1. The molecular formula is C15H18N4O3S. The molecule has 0 unspecified atom stereocenters. The first-order chi connectivity index (χ1) is 10.7. The lowest BCUT2D eigenvalue weighted by Crippen LogP contribution is -2.27. The molecule has 0 spiro atoms. The normalized spacial score (nSPS) is 10.9. The highest BCUT2D eigenvalue weighted by molar-refractivity contribution is 7.14. The summed E-state index contributed by atoms with van der Waals surface area (Å²) in [5.41, 5.74) is 6.41. The van der Waals surface area contributed by atoms with Crippen molar-refractivity contribution in [3.05, 3.63) is 35.3 Å². The van der Waals surface area contributed by atoms with Crippen molar-refractivity contribution in [2.24, 2.45) is 0 Å². The molecule has 1 heterocycles. The van der Waals surface area contributed by atoms with Gasteiger partial charge in [-0.25, -0.2) is 9.78 Å². The first-order valence-electron chi connectivity index (χ1n) is 6.85. The lowest BCUT2D eigenvalue weighted by atomic mass is 10.2. The van der Waals surface area contributed by atoms with E-state index in [2.05, 4.69) is 15.6 Å². The number of rotatable bonds is 3. The Morgan fingerprint density at radius 3 is 2.43 bits per heavy atom. The molecular weight excluding hydrogens is 316 g/mol. The Morgan fingerprint density at radius 2 is 1.83 bits per heavy atom.